The monoisotopic (exact) mass is 805 g/mol. The molecule has 2 aromatic rings. The molecular weight excluding hydrogens is 758 g/mol. The highest BCUT2D eigenvalue weighted by atomic mass is 16.6. The molecule has 310 valence electrons. The lowest BCUT2D eigenvalue weighted by Gasteiger charge is -2.67. The second-order valence-corrected chi connectivity index (χ2v) is 16.0. The van der Waals surface area contributed by atoms with Gasteiger partial charge in [-0.1, -0.05) is 62.4 Å². The van der Waals surface area contributed by atoms with Crippen LogP contribution in [0.15, 0.2) is 71.8 Å². The Kier molecular flexibility index (Phi) is 11.4. The Morgan fingerprint density at radius 2 is 1.57 bits per heavy atom. The summed E-state index contributed by atoms with van der Waals surface area (Å²) < 4.78 is 35.5. The molecule has 58 heavy (non-hydrogen) atoms. The third kappa shape index (κ3) is 6.66. The van der Waals surface area contributed by atoms with Crippen molar-refractivity contribution in [2.24, 2.45) is 16.7 Å². The van der Waals surface area contributed by atoms with Crippen molar-refractivity contribution in [2.75, 3.05) is 6.61 Å². The summed E-state index contributed by atoms with van der Waals surface area (Å²) in [4.78, 5) is 93.8. The number of aliphatic hydroxyl groups excluding tert-OH is 2. The van der Waals surface area contributed by atoms with Crippen LogP contribution in [0.4, 0.5) is 0 Å². The second-order valence-electron chi connectivity index (χ2n) is 16.0. The van der Waals surface area contributed by atoms with Gasteiger partial charge in [-0.25, -0.2) is 4.79 Å². The Morgan fingerprint density at radius 1 is 0.931 bits per heavy atom. The van der Waals surface area contributed by atoms with E-state index in [1.54, 1.807) is 74.5 Å². The SMILES string of the molecule is CC(=O)O[C@H]1C(=O)[C@@]2(C)C([C@H](OC=O)[C@]3(OC=O)C[C@H](OC(=O)[C@H](O)[C@@H](NC(=O)c4ccccc4)c4ccccc4)C(C)=C1C3(C)C)[C@]1(OC(C)=O)CO[C@@H]1C[C@@H]2O. The van der Waals surface area contributed by atoms with Crippen LogP contribution in [0, 0.1) is 16.7 Å². The fraction of sp³-hybridized carbons (Fsp3) is 0.500. The maximum atomic E-state index is 15.3. The predicted molar refractivity (Wildman–Crippen MR) is 198 cm³/mol. The maximum Gasteiger partial charge on any atom is 0.338 e. The molecule has 2 bridgehead atoms. The third-order valence-electron chi connectivity index (χ3n) is 12.7. The molecule has 1 aliphatic heterocycles. The zero-order chi connectivity index (χ0) is 42.4. The van der Waals surface area contributed by atoms with Crippen molar-refractivity contribution < 1.29 is 72.2 Å². The van der Waals surface area contributed by atoms with Gasteiger partial charge in [0.2, 0.25) is 0 Å². The lowest BCUT2D eigenvalue weighted by atomic mass is 9.44. The molecule has 16 heteroatoms. The van der Waals surface area contributed by atoms with Crippen LogP contribution in [0.1, 0.15) is 76.3 Å². The molecule has 3 aliphatic carbocycles. The summed E-state index contributed by atoms with van der Waals surface area (Å²) in [5.74, 6) is -5.92. The van der Waals surface area contributed by atoms with Crippen molar-refractivity contribution in [1.82, 2.24) is 5.32 Å². The van der Waals surface area contributed by atoms with E-state index in [-0.39, 0.29) is 42.7 Å². The average Bonchev–Trinajstić information content (AvgIpc) is 3.18. The molecule has 4 aliphatic rings. The van der Waals surface area contributed by atoms with Gasteiger partial charge in [0.15, 0.2) is 29.2 Å². The van der Waals surface area contributed by atoms with Gasteiger partial charge in [-0.2, -0.15) is 0 Å². The molecular formula is C42H47NO15. The van der Waals surface area contributed by atoms with Gasteiger partial charge in [-0.05, 0) is 42.7 Å². The fourth-order valence-corrected chi connectivity index (χ4v) is 9.84. The number of nitrogens with one attached hydrogen (secondary N) is 1. The van der Waals surface area contributed by atoms with Crippen LogP contribution >= 0.6 is 0 Å². The van der Waals surface area contributed by atoms with Gasteiger partial charge < -0.3 is 44.0 Å². The number of hydrogen-bond acceptors (Lipinski definition) is 15. The van der Waals surface area contributed by atoms with Crippen molar-refractivity contribution >= 4 is 42.5 Å². The van der Waals surface area contributed by atoms with Crippen LogP contribution in [0.3, 0.4) is 0 Å². The first-order valence-corrected chi connectivity index (χ1v) is 18.8. The van der Waals surface area contributed by atoms with Gasteiger partial charge >= 0.3 is 17.9 Å². The van der Waals surface area contributed by atoms with Gasteiger partial charge in [-0.3, -0.25) is 28.8 Å². The Labute approximate surface area is 334 Å². The van der Waals surface area contributed by atoms with Crippen molar-refractivity contribution in [1.29, 1.82) is 0 Å². The number of ether oxygens (including phenoxy) is 6. The van der Waals surface area contributed by atoms with Crippen LogP contribution in [-0.2, 0) is 57.2 Å². The minimum absolute atomic E-state index is 0.00460. The summed E-state index contributed by atoms with van der Waals surface area (Å²) in [6.45, 7) is 8.06. The summed E-state index contributed by atoms with van der Waals surface area (Å²) in [7, 11) is 0. The van der Waals surface area contributed by atoms with Crippen LogP contribution in [0.2, 0.25) is 0 Å². The van der Waals surface area contributed by atoms with E-state index < -0.39 is 107 Å². The Hall–Kier alpha value is -5.45. The number of Topliss-reactive ketones (excluding diaryl/α,β-unsaturated/α-hetero) is 1. The summed E-state index contributed by atoms with van der Waals surface area (Å²) in [5.41, 5.74) is -6.74. The zero-order valence-electron chi connectivity index (χ0n) is 32.9. The lowest BCUT2D eigenvalue weighted by Crippen LogP contribution is -2.82. The zero-order valence-corrected chi connectivity index (χ0v) is 32.9. The van der Waals surface area contributed by atoms with E-state index in [1.165, 1.54) is 13.8 Å². The molecule has 1 amide bonds. The predicted octanol–water partition coefficient (Wildman–Crippen LogP) is 2.23. The molecule has 6 rings (SSSR count). The maximum absolute atomic E-state index is 15.3. The average molecular weight is 806 g/mol. The standard InChI is InChI=1S/C42H47NO15/c1-22-27(57-38(52)32(49)31(25-13-9-7-10-14-25)43-37(51)26-15-11-8-12-16-26)18-42(55-21-45)36(54-20-44)34-40(6,28(48)17-29-41(34,19-53-29)58-24(3)47)35(50)33(56-23(2)46)30(22)39(42,4)5/h7-16,20-21,27-29,31-34,36,48-49H,17-19H2,1-6H3,(H,43,51)/t27-,28-,29+,31-,32+,33+,34?,36-,40+,41-,42+/m0/s1. The topological polar surface area (TPSA) is 227 Å². The van der Waals surface area contributed by atoms with Gasteiger partial charge in [0.25, 0.3) is 18.9 Å². The quantitative estimate of drug-likeness (QED) is 0.121. The van der Waals surface area contributed by atoms with Gasteiger partial charge in [0, 0.05) is 37.7 Å². The van der Waals surface area contributed by atoms with Crippen molar-refractivity contribution in [3.05, 3.63) is 82.9 Å². The van der Waals surface area contributed by atoms with Gasteiger partial charge in [0.1, 0.15) is 18.3 Å². The minimum Gasteiger partial charge on any atom is -0.460 e. The van der Waals surface area contributed by atoms with Gasteiger partial charge in [-0.15, -0.1) is 0 Å². The molecule has 16 nitrogen and oxygen atoms in total. The number of hydrogen-bond donors (Lipinski definition) is 3. The molecule has 1 unspecified atom stereocenters. The molecule has 1 heterocycles. The Bertz CT molecular complexity index is 2000. The van der Waals surface area contributed by atoms with Crippen molar-refractivity contribution in [3.8, 4) is 0 Å². The number of aliphatic hydroxyl groups is 2. The van der Waals surface area contributed by atoms with E-state index in [2.05, 4.69) is 5.32 Å². The molecule has 11 atom stereocenters. The van der Waals surface area contributed by atoms with Gasteiger partial charge in [0.05, 0.1) is 30.1 Å². The highest BCUT2D eigenvalue weighted by molar-refractivity contribution is 5.96. The number of carbonyl (C=O) groups is 7. The van der Waals surface area contributed by atoms with E-state index in [0.29, 0.717) is 5.56 Å². The number of rotatable bonds is 12. The fourth-order valence-electron chi connectivity index (χ4n) is 9.84. The van der Waals surface area contributed by atoms with E-state index in [1.807, 2.05) is 0 Å². The van der Waals surface area contributed by atoms with Crippen LogP contribution in [0.25, 0.3) is 0 Å². The summed E-state index contributed by atoms with van der Waals surface area (Å²) in [6, 6.07) is 15.0. The first kappa shape index (κ1) is 42.2. The lowest BCUT2D eigenvalue weighted by molar-refractivity contribution is -0.346. The molecule has 3 N–H and O–H groups in total. The largest absolute Gasteiger partial charge is 0.460 e. The molecule has 3 fully saturated rings. The number of benzene rings is 2. The van der Waals surface area contributed by atoms with E-state index in [4.69, 9.17) is 28.4 Å². The number of esters is 3. The Balaban J connectivity index is 1.52. The molecule has 0 radical (unpaired) electrons. The molecule has 1 saturated heterocycles. The molecule has 0 spiro atoms. The molecule has 2 saturated carbocycles. The first-order chi connectivity index (χ1) is 27.4. The normalized spacial score (nSPS) is 33.1. The number of carbonyl (C=O) groups excluding carboxylic acids is 7. The Morgan fingerprint density at radius 3 is 2.12 bits per heavy atom. The molecule has 2 aromatic carbocycles. The third-order valence-corrected chi connectivity index (χ3v) is 12.7. The highest BCUT2D eigenvalue weighted by Crippen LogP contribution is 2.65. The summed E-state index contributed by atoms with van der Waals surface area (Å²) >= 11 is 0. The first-order valence-electron chi connectivity index (χ1n) is 18.8. The van der Waals surface area contributed by atoms with Crippen molar-refractivity contribution in [2.45, 2.75) is 108 Å². The summed E-state index contributed by atoms with van der Waals surface area (Å²) in [6.07, 6.45) is -10.3. The number of amides is 1. The van der Waals surface area contributed by atoms with E-state index in [0.717, 1.165) is 13.8 Å². The minimum atomic E-state index is -2.13. The van der Waals surface area contributed by atoms with Crippen molar-refractivity contribution in [3.63, 3.8) is 0 Å². The second kappa shape index (κ2) is 15.7. The van der Waals surface area contributed by atoms with Crippen LogP contribution in [-0.4, -0.2) is 107 Å². The van der Waals surface area contributed by atoms with Crippen LogP contribution in [0.5, 0.6) is 0 Å². The smallest absolute Gasteiger partial charge is 0.338 e. The van der Waals surface area contributed by atoms with Crippen LogP contribution < -0.4 is 5.32 Å². The molecule has 0 aromatic heterocycles. The van der Waals surface area contributed by atoms with E-state index in [9.17, 15) is 39.0 Å². The number of fused-ring (bicyclic) bond motifs is 5. The number of ketones is 1. The highest BCUT2D eigenvalue weighted by Gasteiger charge is 2.79. The van der Waals surface area contributed by atoms with E-state index >= 15 is 4.79 Å². The summed E-state index contributed by atoms with van der Waals surface area (Å²) in [5, 5.41) is 26.3.